The van der Waals surface area contributed by atoms with Gasteiger partial charge in [0.15, 0.2) is 0 Å². The third-order valence-electron chi connectivity index (χ3n) is 3.89. The van der Waals surface area contributed by atoms with Gasteiger partial charge in [0.25, 0.3) is 0 Å². The molecule has 5 nitrogen and oxygen atoms in total. The van der Waals surface area contributed by atoms with Gasteiger partial charge in [0.1, 0.15) is 11.0 Å². The average molecular weight is 313 g/mol. The van der Waals surface area contributed by atoms with Crippen molar-refractivity contribution in [3.63, 3.8) is 0 Å². The highest BCUT2D eigenvalue weighted by Gasteiger charge is 2.25. The highest BCUT2D eigenvalue weighted by molar-refractivity contribution is 6.29. The number of aromatic nitrogens is 2. The molecule has 1 aromatic rings. The van der Waals surface area contributed by atoms with Gasteiger partial charge in [0, 0.05) is 38.9 Å². The molecular weight excluding hydrogens is 288 g/mol. The van der Waals surface area contributed by atoms with Crippen molar-refractivity contribution in [2.24, 2.45) is 5.92 Å². The molecule has 1 aromatic heterocycles. The van der Waals surface area contributed by atoms with E-state index in [4.69, 9.17) is 16.3 Å². The maximum Gasteiger partial charge on any atom is 0.149 e. The van der Waals surface area contributed by atoms with Crippen molar-refractivity contribution in [1.29, 1.82) is 0 Å². The Morgan fingerprint density at radius 3 is 3.05 bits per heavy atom. The minimum atomic E-state index is 0.431. The van der Waals surface area contributed by atoms with Gasteiger partial charge in [-0.05, 0) is 25.7 Å². The third kappa shape index (κ3) is 5.41. The summed E-state index contributed by atoms with van der Waals surface area (Å²) in [5.41, 5.74) is 0. The van der Waals surface area contributed by atoms with Crippen LogP contribution >= 0.6 is 11.6 Å². The average Bonchev–Trinajstić information content (AvgIpc) is 2.46. The lowest BCUT2D eigenvalue weighted by Gasteiger charge is -2.37. The molecule has 1 aliphatic rings. The number of anilines is 1. The smallest absolute Gasteiger partial charge is 0.149 e. The van der Waals surface area contributed by atoms with E-state index < -0.39 is 0 Å². The summed E-state index contributed by atoms with van der Waals surface area (Å²) in [4.78, 5) is 10.8. The van der Waals surface area contributed by atoms with Gasteiger partial charge >= 0.3 is 0 Å². The minimum absolute atomic E-state index is 0.431. The molecule has 1 aliphatic heterocycles. The summed E-state index contributed by atoms with van der Waals surface area (Å²) in [7, 11) is 0. The van der Waals surface area contributed by atoms with Crippen LogP contribution in [0.4, 0.5) is 5.82 Å². The maximum atomic E-state index is 5.87. The van der Waals surface area contributed by atoms with E-state index in [0.29, 0.717) is 17.1 Å². The van der Waals surface area contributed by atoms with E-state index in [9.17, 15) is 0 Å². The van der Waals surface area contributed by atoms with Crippen LogP contribution in [0.25, 0.3) is 0 Å². The molecule has 21 heavy (non-hydrogen) atoms. The van der Waals surface area contributed by atoms with Gasteiger partial charge in [-0.25, -0.2) is 4.98 Å². The molecule has 0 aliphatic carbocycles. The molecule has 6 heteroatoms. The Balaban J connectivity index is 1.76. The van der Waals surface area contributed by atoms with E-state index >= 15 is 0 Å². The van der Waals surface area contributed by atoms with Gasteiger partial charge < -0.3 is 15.0 Å². The Morgan fingerprint density at radius 1 is 1.48 bits per heavy atom. The van der Waals surface area contributed by atoms with Gasteiger partial charge in [-0.15, -0.1) is 0 Å². The molecule has 0 radical (unpaired) electrons. The Morgan fingerprint density at radius 2 is 2.33 bits per heavy atom. The molecule has 0 bridgehead atoms. The summed E-state index contributed by atoms with van der Waals surface area (Å²) in [6, 6.07) is 0.431. The first-order chi connectivity index (χ1) is 10.2. The van der Waals surface area contributed by atoms with Crippen molar-refractivity contribution in [2.75, 3.05) is 38.2 Å². The van der Waals surface area contributed by atoms with Gasteiger partial charge in [-0.1, -0.05) is 18.5 Å². The highest BCUT2D eigenvalue weighted by Crippen LogP contribution is 2.20. The first-order valence-electron chi connectivity index (χ1n) is 7.73. The normalized spacial score (nSPS) is 23.2. The zero-order chi connectivity index (χ0) is 15.1. The van der Waals surface area contributed by atoms with Crippen molar-refractivity contribution in [1.82, 2.24) is 14.9 Å². The van der Waals surface area contributed by atoms with Crippen LogP contribution in [0.3, 0.4) is 0 Å². The van der Waals surface area contributed by atoms with Gasteiger partial charge in [-0.2, -0.15) is 0 Å². The molecule has 2 atom stereocenters. The molecule has 0 spiro atoms. The number of rotatable bonds is 7. The fraction of sp³-hybridized carbons (Fsp3) is 0.733. The van der Waals surface area contributed by atoms with E-state index in [1.807, 2.05) is 6.92 Å². The van der Waals surface area contributed by atoms with Gasteiger partial charge in [0.05, 0.1) is 12.4 Å². The highest BCUT2D eigenvalue weighted by atomic mass is 35.5. The Labute approximate surface area is 132 Å². The van der Waals surface area contributed by atoms with Crippen LogP contribution in [-0.2, 0) is 4.74 Å². The van der Waals surface area contributed by atoms with Crippen LogP contribution in [0.15, 0.2) is 12.4 Å². The standard InChI is InChI=1S/C15H25ClN4O/c1-3-21-8-4-6-20-7-5-13(12(2)11-20)18-15-10-17-9-14(16)19-15/h9-10,12-13H,3-8,11H2,1-2H3,(H,18,19). The molecule has 2 heterocycles. The lowest BCUT2D eigenvalue weighted by atomic mass is 9.93. The minimum Gasteiger partial charge on any atom is -0.382 e. The monoisotopic (exact) mass is 312 g/mol. The molecule has 1 fully saturated rings. The Bertz CT molecular complexity index is 432. The molecule has 0 aromatic carbocycles. The predicted molar refractivity (Wildman–Crippen MR) is 85.8 cm³/mol. The van der Waals surface area contributed by atoms with Crippen molar-refractivity contribution in [3.8, 4) is 0 Å². The molecule has 0 amide bonds. The van der Waals surface area contributed by atoms with Crippen molar-refractivity contribution in [2.45, 2.75) is 32.7 Å². The lowest BCUT2D eigenvalue weighted by Crippen LogP contribution is -2.45. The second kappa shape index (κ2) is 8.51. The number of nitrogens with zero attached hydrogens (tertiary/aromatic N) is 3. The molecule has 1 N–H and O–H groups in total. The van der Waals surface area contributed by atoms with Crippen LogP contribution in [0, 0.1) is 5.92 Å². The first kappa shape index (κ1) is 16.5. The maximum absolute atomic E-state index is 5.87. The van der Waals surface area contributed by atoms with E-state index in [1.165, 1.54) is 0 Å². The van der Waals surface area contributed by atoms with Crippen molar-refractivity contribution in [3.05, 3.63) is 17.5 Å². The Hall–Kier alpha value is -0.910. The predicted octanol–water partition coefficient (Wildman–Crippen LogP) is 2.68. The van der Waals surface area contributed by atoms with E-state index in [2.05, 4.69) is 27.1 Å². The molecule has 2 unspecified atom stereocenters. The van der Waals surface area contributed by atoms with Gasteiger partial charge in [0.2, 0.25) is 0 Å². The quantitative estimate of drug-likeness (QED) is 0.784. The summed E-state index contributed by atoms with van der Waals surface area (Å²) in [5.74, 6) is 1.34. The SMILES string of the molecule is CCOCCCN1CCC(Nc2cncc(Cl)n2)C(C)C1. The summed E-state index contributed by atoms with van der Waals surface area (Å²) in [5, 5.41) is 3.89. The van der Waals surface area contributed by atoms with Crippen LogP contribution in [-0.4, -0.2) is 53.8 Å². The van der Waals surface area contributed by atoms with Crippen LogP contribution in [0.1, 0.15) is 26.7 Å². The topological polar surface area (TPSA) is 50.3 Å². The summed E-state index contributed by atoms with van der Waals surface area (Å²) >= 11 is 5.87. The number of nitrogens with one attached hydrogen (secondary N) is 1. The Kier molecular flexibility index (Phi) is 6.67. The number of hydrogen-bond acceptors (Lipinski definition) is 5. The number of ether oxygens (including phenoxy) is 1. The molecule has 2 rings (SSSR count). The summed E-state index contributed by atoms with van der Waals surface area (Å²) < 4.78 is 5.40. The van der Waals surface area contributed by atoms with Crippen LogP contribution in [0.5, 0.6) is 0 Å². The van der Waals surface area contributed by atoms with E-state index in [1.54, 1.807) is 12.4 Å². The second-order valence-corrected chi connectivity index (χ2v) is 5.98. The van der Waals surface area contributed by atoms with Crippen LogP contribution < -0.4 is 5.32 Å². The van der Waals surface area contributed by atoms with E-state index in [0.717, 1.165) is 51.5 Å². The molecular formula is C15H25ClN4O. The number of hydrogen-bond donors (Lipinski definition) is 1. The third-order valence-corrected chi connectivity index (χ3v) is 4.08. The lowest BCUT2D eigenvalue weighted by molar-refractivity contribution is 0.117. The zero-order valence-corrected chi connectivity index (χ0v) is 13.6. The molecule has 118 valence electrons. The first-order valence-corrected chi connectivity index (χ1v) is 8.11. The fourth-order valence-electron chi connectivity index (χ4n) is 2.79. The molecule has 1 saturated heterocycles. The van der Waals surface area contributed by atoms with E-state index in [-0.39, 0.29) is 0 Å². The number of piperidine rings is 1. The van der Waals surface area contributed by atoms with Crippen molar-refractivity contribution < 1.29 is 4.74 Å². The molecule has 0 saturated carbocycles. The summed E-state index contributed by atoms with van der Waals surface area (Å²) in [6.07, 6.45) is 5.51. The number of likely N-dealkylation sites (tertiary alicyclic amines) is 1. The zero-order valence-electron chi connectivity index (χ0n) is 12.9. The largest absolute Gasteiger partial charge is 0.382 e. The van der Waals surface area contributed by atoms with Crippen molar-refractivity contribution >= 4 is 17.4 Å². The second-order valence-electron chi connectivity index (χ2n) is 5.59. The van der Waals surface area contributed by atoms with Gasteiger partial charge in [-0.3, -0.25) is 4.98 Å². The number of halogens is 1. The summed E-state index contributed by atoms with van der Waals surface area (Å²) in [6.45, 7) is 9.33. The van der Waals surface area contributed by atoms with Crippen LogP contribution in [0.2, 0.25) is 5.15 Å². The fourth-order valence-corrected chi connectivity index (χ4v) is 2.93.